The normalized spacial score (nSPS) is 18.2. The van der Waals surface area contributed by atoms with Crippen molar-refractivity contribution in [2.75, 3.05) is 0 Å². The van der Waals surface area contributed by atoms with Crippen LogP contribution in [-0.4, -0.2) is 15.0 Å². The van der Waals surface area contributed by atoms with Crippen LogP contribution < -0.4 is 0 Å². The molecule has 3 unspecified atom stereocenters. The van der Waals surface area contributed by atoms with Gasteiger partial charge in [0.1, 0.15) is 0 Å². The molecular formula is C51H55N3. The maximum absolute atomic E-state index is 5.06. The summed E-state index contributed by atoms with van der Waals surface area (Å²) in [5, 5.41) is 0. The van der Waals surface area contributed by atoms with Gasteiger partial charge in [-0.15, -0.1) is 0 Å². The highest BCUT2D eigenvalue weighted by Gasteiger charge is 2.19. The molecule has 2 aliphatic carbocycles. The van der Waals surface area contributed by atoms with Crippen LogP contribution in [-0.2, 0) is 5.41 Å². The van der Waals surface area contributed by atoms with Crippen LogP contribution in [0.15, 0.2) is 145 Å². The average Bonchev–Trinajstić information content (AvgIpc) is 3.20. The van der Waals surface area contributed by atoms with Crippen molar-refractivity contribution < 1.29 is 0 Å². The first-order valence-electron chi connectivity index (χ1n) is 19.6. The fourth-order valence-corrected chi connectivity index (χ4v) is 7.11. The monoisotopic (exact) mass is 709 g/mol. The molecule has 3 nitrogen and oxygen atoms in total. The van der Waals surface area contributed by atoms with Crippen LogP contribution in [0.25, 0.3) is 56.4 Å². The minimum Gasteiger partial charge on any atom is -0.208 e. The highest BCUT2D eigenvalue weighted by atomic mass is 15.0. The second kappa shape index (κ2) is 16.3. The van der Waals surface area contributed by atoms with Crippen LogP contribution in [0, 0.1) is 17.8 Å². The molecule has 0 spiro atoms. The molecule has 3 heteroatoms. The smallest absolute Gasteiger partial charge is 0.164 e. The third kappa shape index (κ3) is 8.52. The third-order valence-electron chi connectivity index (χ3n) is 10.7. The van der Waals surface area contributed by atoms with E-state index in [1.165, 1.54) is 44.5 Å². The summed E-state index contributed by atoms with van der Waals surface area (Å²) in [6.45, 7) is 23.7. The number of aromatic nitrogens is 3. The summed E-state index contributed by atoms with van der Waals surface area (Å²) >= 11 is 0. The first-order chi connectivity index (χ1) is 25.9. The molecule has 0 radical (unpaired) electrons. The number of nitrogens with zero attached hydrogens (tertiary/aromatic N) is 3. The fraction of sp³-hybridized carbons (Fsp3) is 0.275. The van der Waals surface area contributed by atoms with Crippen molar-refractivity contribution in [3.63, 3.8) is 0 Å². The zero-order valence-corrected chi connectivity index (χ0v) is 33.6. The van der Waals surface area contributed by atoms with Crippen molar-refractivity contribution in [3.05, 3.63) is 162 Å². The van der Waals surface area contributed by atoms with Crippen LogP contribution in [0.1, 0.15) is 85.4 Å². The molecule has 0 saturated heterocycles. The first-order valence-corrected chi connectivity index (χ1v) is 19.6. The highest BCUT2D eigenvalue weighted by molar-refractivity contribution is 5.78. The Morgan fingerprint density at radius 1 is 0.593 bits per heavy atom. The second-order valence-electron chi connectivity index (χ2n) is 15.7. The number of allylic oxidation sites excluding steroid dienone is 9. The summed E-state index contributed by atoms with van der Waals surface area (Å²) in [4.78, 5) is 15.2. The lowest BCUT2D eigenvalue weighted by atomic mass is 9.82. The van der Waals surface area contributed by atoms with E-state index in [4.69, 9.17) is 15.0 Å². The molecule has 274 valence electrons. The van der Waals surface area contributed by atoms with Gasteiger partial charge in [0.25, 0.3) is 0 Å². The maximum atomic E-state index is 5.06. The summed E-state index contributed by atoms with van der Waals surface area (Å²) in [5.41, 5.74) is 14.3. The van der Waals surface area contributed by atoms with E-state index in [1.807, 2.05) is 13.8 Å². The van der Waals surface area contributed by atoms with Crippen LogP contribution in [0.3, 0.4) is 0 Å². The van der Waals surface area contributed by atoms with Gasteiger partial charge in [-0.2, -0.15) is 0 Å². The Kier molecular flexibility index (Phi) is 11.6. The van der Waals surface area contributed by atoms with Crippen LogP contribution >= 0.6 is 0 Å². The first kappa shape index (κ1) is 38.3. The van der Waals surface area contributed by atoms with E-state index in [-0.39, 0.29) is 5.41 Å². The van der Waals surface area contributed by atoms with Crippen LogP contribution in [0.4, 0.5) is 0 Å². The Morgan fingerprint density at radius 2 is 1.02 bits per heavy atom. The molecule has 2 aliphatic rings. The molecular weight excluding hydrogens is 655 g/mol. The number of rotatable bonds is 7. The number of hydrogen-bond donors (Lipinski definition) is 0. The number of benzene rings is 4. The van der Waals surface area contributed by atoms with Gasteiger partial charge in [-0.05, 0) is 76.5 Å². The molecule has 4 aromatic carbocycles. The molecule has 5 aromatic rings. The van der Waals surface area contributed by atoms with Crippen molar-refractivity contribution in [2.45, 2.75) is 74.1 Å². The molecule has 0 aliphatic heterocycles. The van der Waals surface area contributed by atoms with Crippen molar-refractivity contribution >= 4 is 11.1 Å². The lowest BCUT2D eigenvalue weighted by Crippen LogP contribution is -2.10. The standard InChI is InChI=1S/C49H49N3.C2H6/c1-31(2)35-9-11-36(12-10-35)37-13-19-41(20-14-37)46-50-47(42-21-15-38(16-22-42)39-25-27-44(28-26-39)49(6,7)8)52-48(51-46)43-23-17-40(18-24-43)45-30-33(4)32(3)29-34(45)5;1-2/h9,11-30,33-35H,1,10H2,2-8H3;1-2H3. The summed E-state index contributed by atoms with van der Waals surface area (Å²) in [6, 6.07) is 34.7. The zero-order chi connectivity index (χ0) is 38.6. The summed E-state index contributed by atoms with van der Waals surface area (Å²) in [7, 11) is 0. The Morgan fingerprint density at radius 3 is 1.44 bits per heavy atom. The molecule has 1 heterocycles. The van der Waals surface area contributed by atoms with Gasteiger partial charge in [-0.1, -0.05) is 194 Å². The molecule has 0 fully saturated rings. The zero-order valence-electron chi connectivity index (χ0n) is 33.6. The summed E-state index contributed by atoms with van der Waals surface area (Å²) < 4.78 is 0. The van der Waals surface area contributed by atoms with E-state index < -0.39 is 0 Å². The molecule has 7 rings (SSSR count). The second-order valence-corrected chi connectivity index (χ2v) is 15.7. The number of hydrogen-bond acceptors (Lipinski definition) is 3. The largest absolute Gasteiger partial charge is 0.208 e. The van der Waals surface area contributed by atoms with Gasteiger partial charge in [0.2, 0.25) is 0 Å². The van der Waals surface area contributed by atoms with E-state index in [0.717, 1.165) is 28.7 Å². The van der Waals surface area contributed by atoms with Crippen molar-refractivity contribution in [1.29, 1.82) is 0 Å². The van der Waals surface area contributed by atoms with Gasteiger partial charge in [-0.3, -0.25) is 0 Å². The molecule has 0 bridgehead atoms. The predicted octanol–water partition coefficient (Wildman–Crippen LogP) is 14.0. The minimum absolute atomic E-state index is 0.121. The van der Waals surface area contributed by atoms with Gasteiger partial charge in [0, 0.05) is 22.6 Å². The quantitative estimate of drug-likeness (QED) is 0.158. The van der Waals surface area contributed by atoms with E-state index in [9.17, 15) is 0 Å². The van der Waals surface area contributed by atoms with Crippen LogP contribution in [0.2, 0.25) is 0 Å². The molecule has 0 saturated carbocycles. The highest BCUT2D eigenvalue weighted by Crippen LogP contribution is 2.35. The minimum atomic E-state index is 0.121. The lowest BCUT2D eigenvalue weighted by molar-refractivity contribution is 0.590. The van der Waals surface area contributed by atoms with E-state index in [2.05, 4.69) is 182 Å². The van der Waals surface area contributed by atoms with Gasteiger partial charge < -0.3 is 0 Å². The average molecular weight is 710 g/mol. The van der Waals surface area contributed by atoms with E-state index >= 15 is 0 Å². The van der Waals surface area contributed by atoms with E-state index in [1.54, 1.807) is 0 Å². The Labute approximate surface area is 324 Å². The maximum Gasteiger partial charge on any atom is 0.164 e. The van der Waals surface area contributed by atoms with Crippen molar-refractivity contribution in [1.82, 2.24) is 15.0 Å². The molecule has 0 amide bonds. The van der Waals surface area contributed by atoms with Gasteiger partial charge in [-0.25, -0.2) is 15.0 Å². The molecule has 3 atom stereocenters. The van der Waals surface area contributed by atoms with Crippen molar-refractivity contribution in [3.8, 4) is 45.3 Å². The third-order valence-corrected chi connectivity index (χ3v) is 10.7. The topological polar surface area (TPSA) is 38.7 Å². The molecule has 1 aromatic heterocycles. The predicted molar refractivity (Wildman–Crippen MR) is 232 cm³/mol. The molecule has 54 heavy (non-hydrogen) atoms. The lowest BCUT2D eigenvalue weighted by Gasteiger charge is -2.23. The Bertz CT molecular complexity index is 2220. The molecule has 0 N–H and O–H groups in total. The van der Waals surface area contributed by atoms with Crippen molar-refractivity contribution in [2.24, 2.45) is 17.8 Å². The Hall–Kier alpha value is -5.41. The summed E-state index contributed by atoms with van der Waals surface area (Å²) in [6.07, 6.45) is 12.5. The van der Waals surface area contributed by atoms with Crippen LogP contribution in [0.5, 0.6) is 0 Å². The van der Waals surface area contributed by atoms with Gasteiger partial charge in [0.15, 0.2) is 17.5 Å². The van der Waals surface area contributed by atoms with Gasteiger partial charge in [0.05, 0.1) is 0 Å². The SMILES string of the molecule is C=C(C)C1C=CC(c2ccc(-c3nc(-c4ccc(C5=CC(C)C(C)=CC5C)cc4)nc(-c4ccc(-c5ccc(C(C)(C)C)cc5)cc4)n3)cc2)=CC1.CC. The Balaban J connectivity index is 0.00000245. The summed E-state index contributed by atoms with van der Waals surface area (Å²) in [5.74, 6) is 3.22. The van der Waals surface area contributed by atoms with Gasteiger partial charge >= 0.3 is 0 Å². The van der Waals surface area contributed by atoms with E-state index in [0.29, 0.717) is 35.2 Å². The fourth-order valence-electron chi connectivity index (χ4n) is 7.11.